The first-order chi connectivity index (χ1) is 7.24. The Morgan fingerprint density at radius 2 is 2.20 bits per heavy atom. The topological polar surface area (TPSA) is 21.3 Å². The first-order valence-electron chi connectivity index (χ1n) is 5.73. The Hall–Kier alpha value is -1.02. The zero-order chi connectivity index (χ0) is 10.8. The van der Waals surface area contributed by atoms with Gasteiger partial charge >= 0.3 is 0 Å². The lowest BCUT2D eigenvalue weighted by Gasteiger charge is -2.15. The Morgan fingerprint density at radius 1 is 1.40 bits per heavy atom. The van der Waals surface area contributed by atoms with Crippen molar-refractivity contribution in [2.24, 2.45) is 0 Å². The van der Waals surface area contributed by atoms with Gasteiger partial charge in [-0.05, 0) is 32.4 Å². The molecule has 0 radical (unpaired) electrons. The highest BCUT2D eigenvalue weighted by molar-refractivity contribution is 5.46. The Balaban J connectivity index is 2.25. The van der Waals surface area contributed by atoms with Crippen LogP contribution in [0, 0.1) is 6.92 Å². The molecule has 1 aromatic carbocycles. The Morgan fingerprint density at radius 3 is 2.93 bits per heavy atom. The van der Waals surface area contributed by atoms with Crippen LogP contribution in [-0.2, 0) is 0 Å². The van der Waals surface area contributed by atoms with Gasteiger partial charge < -0.3 is 10.1 Å². The lowest BCUT2D eigenvalue weighted by molar-refractivity contribution is 0.209. The zero-order valence-corrected chi connectivity index (χ0v) is 9.71. The number of para-hydroxylation sites is 1. The second-order valence-electron chi connectivity index (χ2n) is 4.25. The lowest BCUT2D eigenvalue weighted by Crippen LogP contribution is -2.29. The molecule has 0 aromatic heterocycles. The summed E-state index contributed by atoms with van der Waals surface area (Å²) in [7, 11) is 0. The van der Waals surface area contributed by atoms with Gasteiger partial charge in [0.25, 0.3) is 0 Å². The molecular weight excluding hydrogens is 186 g/mol. The highest BCUT2D eigenvalue weighted by atomic mass is 16.5. The van der Waals surface area contributed by atoms with E-state index in [0.29, 0.717) is 6.04 Å². The summed E-state index contributed by atoms with van der Waals surface area (Å²) in [5, 5.41) is 3.54. The summed E-state index contributed by atoms with van der Waals surface area (Å²) in [6, 6.07) is 6.74. The molecule has 2 rings (SSSR count). The average Bonchev–Trinajstić information content (AvgIpc) is 2.54. The maximum absolute atomic E-state index is 5.88. The molecule has 1 N–H and O–H groups in total. The normalized spacial score (nSPS) is 23.7. The van der Waals surface area contributed by atoms with Crippen LogP contribution in [0.4, 0.5) is 0 Å². The fourth-order valence-corrected chi connectivity index (χ4v) is 2.16. The van der Waals surface area contributed by atoms with E-state index >= 15 is 0 Å². The first kappa shape index (κ1) is 10.5. The van der Waals surface area contributed by atoms with Gasteiger partial charge in [-0.2, -0.15) is 0 Å². The summed E-state index contributed by atoms with van der Waals surface area (Å²) in [6.07, 6.45) is 1.40. The van der Waals surface area contributed by atoms with Crippen LogP contribution in [0.15, 0.2) is 18.2 Å². The second kappa shape index (κ2) is 4.23. The summed E-state index contributed by atoms with van der Waals surface area (Å²) in [5.74, 6) is 1.08. The third kappa shape index (κ3) is 1.86. The van der Waals surface area contributed by atoms with E-state index < -0.39 is 0 Å². The SMILES string of the molecule is CCCNC1c2cccc(C)c2OC1C. The molecular formula is C13H19NO. The van der Waals surface area contributed by atoms with Crippen molar-refractivity contribution < 1.29 is 4.74 Å². The van der Waals surface area contributed by atoms with E-state index in [9.17, 15) is 0 Å². The highest BCUT2D eigenvalue weighted by Crippen LogP contribution is 2.38. The van der Waals surface area contributed by atoms with Crippen molar-refractivity contribution in [3.8, 4) is 5.75 Å². The minimum atomic E-state index is 0.243. The molecule has 0 aliphatic carbocycles. The van der Waals surface area contributed by atoms with Crippen molar-refractivity contribution in [1.82, 2.24) is 5.32 Å². The van der Waals surface area contributed by atoms with Crippen LogP contribution in [0.3, 0.4) is 0 Å². The van der Waals surface area contributed by atoms with Gasteiger partial charge in [0.1, 0.15) is 11.9 Å². The van der Waals surface area contributed by atoms with Crippen LogP contribution in [0.25, 0.3) is 0 Å². The van der Waals surface area contributed by atoms with E-state index in [4.69, 9.17) is 4.74 Å². The fourth-order valence-electron chi connectivity index (χ4n) is 2.16. The number of nitrogens with one attached hydrogen (secondary N) is 1. The predicted octanol–water partition coefficient (Wildman–Crippen LogP) is 2.82. The van der Waals surface area contributed by atoms with Crippen molar-refractivity contribution in [2.75, 3.05) is 6.54 Å². The molecule has 0 saturated carbocycles. The summed E-state index contributed by atoms with van der Waals surface area (Å²) in [6.45, 7) is 7.47. The molecule has 2 unspecified atom stereocenters. The van der Waals surface area contributed by atoms with Gasteiger partial charge in [-0.25, -0.2) is 0 Å². The predicted molar refractivity (Wildman–Crippen MR) is 62.3 cm³/mol. The zero-order valence-electron chi connectivity index (χ0n) is 9.71. The van der Waals surface area contributed by atoms with Gasteiger partial charge in [-0.15, -0.1) is 0 Å². The van der Waals surface area contributed by atoms with Gasteiger partial charge in [0.2, 0.25) is 0 Å². The van der Waals surface area contributed by atoms with E-state index in [2.05, 4.69) is 44.3 Å². The first-order valence-corrected chi connectivity index (χ1v) is 5.73. The molecule has 82 valence electrons. The molecule has 2 atom stereocenters. The summed E-state index contributed by atoms with van der Waals surface area (Å²) in [4.78, 5) is 0. The standard InChI is InChI=1S/C13H19NO/c1-4-8-14-12-10(3)15-13-9(2)6-5-7-11(12)13/h5-7,10,12,14H,4,8H2,1-3H3. The molecule has 0 fully saturated rings. The van der Waals surface area contributed by atoms with E-state index in [1.807, 2.05) is 0 Å². The van der Waals surface area contributed by atoms with Gasteiger partial charge in [0.15, 0.2) is 0 Å². The molecule has 1 aromatic rings. The Kier molecular flexibility index (Phi) is 2.96. The van der Waals surface area contributed by atoms with Gasteiger partial charge in [-0.3, -0.25) is 0 Å². The largest absolute Gasteiger partial charge is 0.488 e. The smallest absolute Gasteiger partial charge is 0.127 e. The minimum Gasteiger partial charge on any atom is -0.488 e. The highest BCUT2D eigenvalue weighted by Gasteiger charge is 2.31. The summed E-state index contributed by atoms with van der Waals surface area (Å²) >= 11 is 0. The number of hydrogen-bond acceptors (Lipinski definition) is 2. The van der Waals surface area contributed by atoms with Gasteiger partial charge in [0.05, 0.1) is 6.04 Å². The van der Waals surface area contributed by atoms with Crippen molar-refractivity contribution in [3.05, 3.63) is 29.3 Å². The van der Waals surface area contributed by atoms with E-state index in [1.54, 1.807) is 0 Å². The van der Waals surface area contributed by atoms with Crippen molar-refractivity contribution in [2.45, 2.75) is 39.3 Å². The summed E-state index contributed by atoms with van der Waals surface area (Å²) < 4.78 is 5.88. The molecule has 15 heavy (non-hydrogen) atoms. The summed E-state index contributed by atoms with van der Waals surface area (Å²) in [5.41, 5.74) is 2.55. The number of rotatable bonds is 3. The molecule has 0 spiro atoms. The maximum atomic E-state index is 5.88. The van der Waals surface area contributed by atoms with E-state index in [-0.39, 0.29) is 6.10 Å². The number of aryl methyl sites for hydroxylation is 1. The van der Waals surface area contributed by atoms with Crippen LogP contribution >= 0.6 is 0 Å². The molecule has 1 aliphatic heterocycles. The molecule has 2 heteroatoms. The third-order valence-electron chi connectivity index (χ3n) is 2.96. The van der Waals surface area contributed by atoms with Crippen molar-refractivity contribution >= 4 is 0 Å². The molecule has 0 bridgehead atoms. The third-order valence-corrected chi connectivity index (χ3v) is 2.96. The molecule has 1 heterocycles. The molecule has 1 aliphatic rings. The maximum Gasteiger partial charge on any atom is 0.127 e. The molecule has 0 amide bonds. The van der Waals surface area contributed by atoms with Gasteiger partial charge in [0, 0.05) is 5.56 Å². The average molecular weight is 205 g/mol. The number of fused-ring (bicyclic) bond motifs is 1. The quantitative estimate of drug-likeness (QED) is 0.819. The molecule has 0 saturated heterocycles. The van der Waals surface area contributed by atoms with E-state index in [1.165, 1.54) is 11.1 Å². The van der Waals surface area contributed by atoms with Crippen LogP contribution < -0.4 is 10.1 Å². The van der Waals surface area contributed by atoms with Crippen molar-refractivity contribution in [3.63, 3.8) is 0 Å². The lowest BCUT2D eigenvalue weighted by atomic mass is 10.0. The number of benzene rings is 1. The van der Waals surface area contributed by atoms with E-state index in [0.717, 1.165) is 18.7 Å². The van der Waals surface area contributed by atoms with Crippen LogP contribution in [0.1, 0.15) is 37.4 Å². The minimum absolute atomic E-state index is 0.243. The van der Waals surface area contributed by atoms with Crippen LogP contribution in [-0.4, -0.2) is 12.6 Å². The monoisotopic (exact) mass is 205 g/mol. The number of hydrogen-bond donors (Lipinski definition) is 1. The Labute approximate surface area is 91.6 Å². The fraction of sp³-hybridized carbons (Fsp3) is 0.538. The van der Waals surface area contributed by atoms with Crippen molar-refractivity contribution in [1.29, 1.82) is 0 Å². The second-order valence-corrected chi connectivity index (χ2v) is 4.25. The van der Waals surface area contributed by atoms with Gasteiger partial charge in [-0.1, -0.05) is 25.1 Å². The van der Waals surface area contributed by atoms with Crippen LogP contribution in [0.5, 0.6) is 5.75 Å². The Bertz CT molecular complexity index is 348. The number of ether oxygens (including phenoxy) is 1. The molecule has 2 nitrogen and oxygen atoms in total. The van der Waals surface area contributed by atoms with Crippen LogP contribution in [0.2, 0.25) is 0 Å².